The molecule has 0 fully saturated rings. The Labute approximate surface area is 122 Å². The number of aromatic nitrogens is 1. The minimum atomic E-state index is -0.334. The van der Waals surface area contributed by atoms with E-state index in [1.165, 1.54) is 6.26 Å². The molecule has 0 aliphatic carbocycles. The molecule has 1 aromatic carbocycles. The highest BCUT2D eigenvalue weighted by Gasteiger charge is 2.13. The van der Waals surface area contributed by atoms with Crippen LogP contribution < -0.4 is 11.1 Å². The number of hydrogen-bond donors (Lipinski definition) is 2. The first-order chi connectivity index (χ1) is 9.58. The molecule has 1 aromatic heterocycles. The highest BCUT2D eigenvalue weighted by Crippen LogP contribution is 2.15. The molecule has 0 radical (unpaired) electrons. The highest BCUT2D eigenvalue weighted by atomic mass is 35.5. The summed E-state index contributed by atoms with van der Waals surface area (Å²) < 4.78 is 5.11. The van der Waals surface area contributed by atoms with Crippen LogP contribution in [-0.4, -0.2) is 17.4 Å². The molecule has 0 aliphatic heterocycles. The lowest BCUT2D eigenvalue weighted by Crippen LogP contribution is -2.26. The van der Waals surface area contributed by atoms with Gasteiger partial charge in [-0.25, -0.2) is 4.98 Å². The first kappa shape index (κ1) is 14.6. The number of halogens is 1. The number of nitrogens with one attached hydrogen (secondary N) is 1. The van der Waals surface area contributed by atoms with Gasteiger partial charge in [0.1, 0.15) is 6.26 Å². The van der Waals surface area contributed by atoms with Crippen molar-refractivity contribution in [1.82, 2.24) is 10.3 Å². The van der Waals surface area contributed by atoms with Crippen LogP contribution in [0.1, 0.15) is 34.9 Å². The van der Waals surface area contributed by atoms with E-state index in [9.17, 15) is 4.79 Å². The highest BCUT2D eigenvalue weighted by molar-refractivity contribution is 6.31. The summed E-state index contributed by atoms with van der Waals surface area (Å²) in [6.45, 7) is 2.22. The van der Waals surface area contributed by atoms with Gasteiger partial charge in [-0.3, -0.25) is 4.79 Å². The third kappa shape index (κ3) is 3.59. The predicted molar refractivity (Wildman–Crippen MR) is 76.6 cm³/mol. The van der Waals surface area contributed by atoms with E-state index in [-0.39, 0.29) is 17.6 Å². The van der Waals surface area contributed by atoms with Crippen molar-refractivity contribution >= 4 is 17.5 Å². The Hall–Kier alpha value is -1.85. The zero-order valence-corrected chi connectivity index (χ0v) is 11.9. The van der Waals surface area contributed by atoms with Gasteiger partial charge < -0.3 is 15.5 Å². The van der Waals surface area contributed by atoms with Gasteiger partial charge in [-0.15, -0.1) is 0 Å². The van der Waals surface area contributed by atoms with E-state index >= 15 is 0 Å². The van der Waals surface area contributed by atoms with Crippen molar-refractivity contribution in [2.45, 2.75) is 19.4 Å². The van der Waals surface area contributed by atoms with Gasteiger partial charge in [0.25, 0.3) is 5.91 Å². The van der Waals surface area contributed by atoms with Crippen LogP contribution in [0.4, 0.5) is 0 Å². The van der Waals surface area contributed by atoms with Crippen molar-refractivity contribution in [3.05, 3.63) is 52.7 Å². The van der Waals surface area contributed by atoms with Crippen LogP contribution in [0.3, 0.4) is 0 Å². The monoisotopic (exact) mass is 293 g/mol. The van der Waals surface area contributed by atoms with Gasteiger partial charge in [-0.1, -0.05) is 29.8 Å². The second kappa shape index (κ2) is 6.54. The van der Waals surface area contributed by atoms with Crippen LogP contribution >= 0.6 is 11.6 Å². The summed E-state index contributed by atoms with van der Waals surface area (Å²) >= 11 is 6.04. The molecule has 3 N–H and O–H groups in total. The maximum Gasteiger partial charge on any atom is 0.273 e. The zero-order valence-electron chi connectivity index (χ0n) is 11.1. The maximum atomic E-state index is 11.8. The normalized spacial score (nSPS) is 12.2. The number of hydrogen-bond acceptors (Lipinski definition) is 4. The van der Waals surface area contributed by atoms with Gasteiger partial charge >= 0.3 is 0 Å². The topological polar surface area (TPSA) is 81.1 Å². The fourth-order valence-corrected chi connectivity index (χ4v) is 1.93. The quantitative estimate of drug-likeness (QED) is 0.886. The molecular weight excluding hydrogens is 278 g/mol. The van der Waals surface area contributed by atoms with Crippen molar-refractivity contribution in [1.29, 1.82) is 0 Å². The molecule has 1 amide bonds. The fourth-order valence-electron chi connectivity index (χ4n) is 1.70. The molecule has 1 unspecified atom stereocenters. The summed E-state index contributed by atoms with van der Waals surface area (Å²) in [5.74, 6) is 0.0638. The molecule has 0 spiro atoms. The van der Waals surface area contributed by atoms with Crippen molar-refractivity contribution in [2.75, 3.05) is 6.54 Å². The van der Waals surface area contributed by atoms with Crippen LogP contribution in [0.5, 0.6) is 0 Å². The van der Waals surface area contributed by atoms with Gasteiger partial charge in [-0.2, -0.15) is 0 Å². The Morgan fingerprint density at radius 3 is 2.90 bits per heavy atom. The zero-order chi connectivity index (χ0) is 14.5. The average Bonchev–Trinajstić information content (AvgIpc) is 2.91. The molecule has 0 bridgehead atoms. The summed E-state index contributed by atoms with van der Waals surface area (Å²) in [4.78, 5) is 15.9. The number of carbonyl (C=O) groups is 1. The predicted octanol–water partition coefficient (Wildman–Crippen LogP) is 2.32. The third-order valence-electron chi connectivity index (χ3n) is 2.78. The molecule has 2 aromatic rings. The second-order valence-electron chi connectivity index (χ2n) is 4.46. The van der Waals surface area contributed by atoms with Crippen molar-refractivity contribution in [2.24, 2.45) is 5.73 Å². The lowest BCUT2D eigenvalue weighted by Gasteiger charge is -2.05. The Morgan fingerprint density at radius 1 is 1.50 bits per heavy atom. The number of benzene rings is 1. The fraction of sp³-hybridized carbons (Fsp3) is 0.286. The van der Waals surface area contributed by atoms with Crippen molar-refractivity contribution < 1.29 is 9.21 Å². The SMILES string of the molecule is CC(N)c1nc(C(=O)NCCc2ccccc2Cl)co1. The number of amides is 1. The minimum absolute atomic E-state index is 0.233. The van der Waals surface area contributed by atoms with Crippen LogP contribution in [0.2, 0.25) is 5.02 Å². The number of nitrogens with zero attached hydrogens (tertiary/aromatic N) is 1. The van der Waals surface area contributed by atoms with E-state index in [1.807, 2.05) is 24.3 Å². The first-order valence-corrected chi connectivity index (χ1v) is 6.68. The molecule has 0 saturated carbocycles. The Bertz CT molecular complexity index is 596. The van der Waals surface area contributed by atoms with Crippen molar-refractivity contribution in [3.63, 3.8) is 0 Å². The van der Waals surface area contributed by atoms with Gasteiger partial charge in [-0.05, 0) is 25.0 Å². The Balaban J connectivity index is 1.87. The number of rotatable bonds is 5. The van der Waals surface area contributed by atoms with E-state index in [0.717, 1.165) is 5.56 Å². The van der Waals surface area contributed by atoms with Crippen LogP contribution in [-0.2, 0) is 6.42 Å². The van der Waals surface area contributed by atoms with Gasteiger partial charge in [0.2, 0.25) is 5.89 Å². The first-order valence-electron chi connectivity index (χ1n) is 6.30. The van der Waals surface area contributed by atoms with Crippen LogP contribution in [0, 0.1) is 0 Å². The lowest BCUT2D eigenvalue weighted by atomic mass is 10.1. The minimum Gasteiger partial charge on any atom is -0.446 e. The Kier molecular flexibility index (Phi) is 4.76. The summed E-state index contributed by atoms with van der Waals surface area (Å²) in [5, 5.41) is 3.46. The number of oxazole rings is 1. The van der Waals surface area contributed by atoms with E-state index in [2.05, 4.69) is 10.3 Å². The molecule has 0 saturated heterocycles. The number of carbonyl (C=O) groups excluding carboxylic acids is 1. The summed E-state index contributed by atoms with van der Waals surface area (Å²) in [5.41, 5.74) is 6.84. The summed E-state index contributed by atoms with van der Waals surface area (Å²) in [6, 6.07) is 7.20. The molecular formula is C14H16ClN3O2. The van der Waals surface area contributed by atoms with E-state index in [0.29, 0.717) is 23.9 Å². The molecule has 1 atom stereocenters. The van der Waals surface area contributed by atoms with Crippen LogP contribution in [0.25, 0.3) is 0 Å². The molecule has 6 heteroatoms. The largest absolute Gasteiger partial charge is 0.446 e. The molecule has 1 heterocycles. The van der Waals surface area contributed by atoms with Crippen molar-refractivity contribution in [3.8, 4) is 0 Å². The number of nitrogens with two attached hydrogens (primary N) is 1. The molecule has 0 aliphatic rings. The Morgan fingerprint density at radius 2 is 2.25 bits per heavy atom. The summed E-state index contributed by atoms with van der Waals surface area (Å²) in [6.07, 6.45) is 1.97. The van der Waals surface area contributed by atoms with Gasteiger partial charge in [0.05, 0.1) is 6.04 Å². The lowest BCUT2D eigenvalue weighted by molar-refractivity contribution is 0.0949. The van der Waals surface area contributed by atoms with Crippen LogP contribution in [0.15, 0.2) is 34.9 Å². The standard InChI is InChI=1S/C14H16ClN3O2/c1-9(16)14-18-12(8-20-14)13(19)17-7-6-10-4-2-3-5-11(10)15/h2-5,8-9H,6-7,16H2,1H3,(H,17,19). The molecule has 5 nitrogen and oxygen atoms in total. The third-order valence-corrected chi connectivity index (χ3v) is 3.15. The average molecular weight is 294 g/mol. The van der Waals surface area contributed by atoms with E-state index in [1.54, 1.807) is 6.92 Å². The smallest absolute Gasteiger partial charge is 0.273 e. The molecule has 106 valence electrons. The van der Waals surface area contributed by atoms with Gasteiger partial charge in [0, 0.05) is 11.6 Å². The molecule has 20 heavy (non-hydrogen) atoms. The second-order valence-corrected chi connectivity index (χ2v) is 4.86. The van der Waals surface area contributed by atoms with E-state index in [4.69, 9.17) is 21.8 Å². The summed E-state index contributed by atoms with van der Waals surface area (Å²) in [7, 11) is 0. The van der Waals surface area contributed by atoms with E-state index < -0.39 is 0 Å². The maximum absolute atomic E-state index is 11.8. The van der Waals surface area contributed by atoms with Gasteiger partial charge in [0.15, 0.2) is 5.69 Å². The molecule has 2 rings (SSSR count).